The van der Waals surface area contributed by atoms with Crippen molar-refractivity contribution in [3.8, 4) is 11.5 Å². The molecule has 26 heavy (non-hydrogen) atoms. The number of nitrogens with one attached hydrogen (secondary N) is 2. The number of carbonyl (C=O) groups is 1. The number of ether oxygens (including phenoxy) is 2. The molecule has 3 rings (SSSR count). The lowest BCUT2D eigenvalue weighted by molar-refractivity contribution is -0.122. The molecule has 2 N–H and O–H groups in total. The Kier molecular flexibility index (Phi) is 4.53. The number of sulfonamides is 1. The Labute approximate surface area is 152 Å². The second-order valence-electron chi connectivity index (χ2n) is 6.15. The lowest BCUT2D eigenvalue weighted by Crippen LogP contribution is -2.34. The number of hydrogen-bond donors (Lipinski definition) is 2. The predicted molar refractivity (Wildman–Crippen MR) is 98.4 cm³/mol. The summed E-state index contributed by atoms with van der Waals surface area (Å²) >= 11 is 0. The van der Waals surface area contributed by atoms with Crippen molar-refractivity contribution >= 4 is 27.3 Å². The summed E-state index contributed by atoms with van der Waals surface area (Å²) in [5.74, 6) is 0.473. The number of rotatable bonds is 4. The molecule has 0 saturated carbocycles. The molecule has 0 saturated heterocycles. The molecule has 0 fully saturated rings. The number of fused-ring (bicyclic) bond motifs is 1. The summed E-state index contributed by atoms with van der Waals surface area (Å²) in [5, 5.41) is 2.69. The van der Waals surface area contributed by atoms with E-state index in [4.69, 9.17) is 9.47 Å². The lowest BCUT2D eigenvalue weighted by atomic mass is 10.1. The van der Waals surface area contributed by atoms with E-state index in [1.807, 2.05) is 13.8 Å². The Bertz CT molecular complexity index is 985. The summed E-state index contributed by atoms with van der Waals surface area (Å²) in [7, 11) is -2.45. The SMILES string of the molecule is COc1cc(C)c(C)cc1S(=O)(=O)Nc1ccc2c(c1)NC(=O)C(C)O2. The van der Waals surface area contributed by atoms with Crippen LogP contribution < -0.4 is 19.5 Å². The van der Waals surface area contributed by atoms with E-state index in [0.717, 1.165) is 11.1 Å². The summed E-state index contributed by atoms with van der Waals surface area (Å²) in [4.78, 5) is 11.8. The quantitative estimate of drug-likeness (QED) is 0.856. The fourth-order valence-electron chi connectivity index (χ4n) is 2.62. The highest BCUT2D eigenvalue weighted by Crippen LogP contribution is 2.34. The normalized spacial score (nSPS) is 16.3. The van der Waals surface area contributed by atoms with Crippen molar-refractivity contribution < 1.29 is 22.7 Å². The van der Waals surface area contributed by atoms with Gasteiger partial charge in [0.2, 0.25) is 0 Å². The fourth-order valence-corrected chi connectivity index (χ4v) is 3.90. The zero-order valence-corrected chi connectivity index (χ0v) is 15.7. The maximum atomic E-state index is 12.8. The standard InChI is InChI=1S/C18H20N2O5S/c1-10-7-16(24-4)17(8-11(10)2)26(22,23)20-13-5-6-15-14(9-13)19-18(21)12(3)25-15/h5-9,12,20H,1-4H3,(H,19,21). The smallest absolute Gasteiger partial charge is 0.265 e. The van der Waals surface area contributed by atoms with Crippen molar-refractivity contribution in [1.82, 2.24) is 0 Å². The number of methoxy groups -OCH3 is 1. The molecule has 1 atom stereocenters. The molecule has 0 spiro atoms. The van der Waals surface area contributed by atoms with Crippen LogP contribution in [0, 0.1) is 13.8 Å². The van der Waals surface area contributed by atoms with E-state index in [1.165, 1.54) is 13.2 Å². The first-order chi connectivity index (χ1) is 12.2. The second-order valence-corrected chi connectivity index (χ2v) is 7.80. The van der Waals surface area contributed by atoms with Gasteiger partial charge in [-0.2, -0.15) is 0 Å². The average Bonchev–Trinajstić information content (AvgIpc) is 2.57. The Balaban J connectivity index is 1.95. The number of hydrogen-bond acceptors (Lipinski definition) is 5. The van der Waals surface area contributed by atoms with Crippen molar-refractivity contribution in [3.63, 3.8) is 0 Å². The average molecular weight is 376 g/mol. The van der Waals surface area contributed by atoms with Crippen LogP contribution in [0.25, 0.3) is 0 Å². The van der Waals surface area contributed by atoms with Gasteiger partial charge in [0.1, 0.15) is 16.4 Å². The van der Waals surface area contributed by atoms with Gasteiger partial charge in [-0.15, -0.1) is 0 Å². The van der Waals surface area contributed by atoms with Gasteiger partial charge in [0, 0.05) is 0 Å². The van der Waals surface area contributed by atoms with Gasteiger partial charge in [0.05, 0.1) is 18.5 Å². The van der Waals surface area contributed by atoms with Gasteiger partial charge in [-0.1, -0.05) is 0 Å². The molecule has 2 aromatic rings. The molecule has 0 aliphatic carbocycles. The van der Waals surface area contributed by atoms with Crippen molar-refractivity contribution in [2.45, 2.75) is 31.8 Å². The van der Waals surface area contributed by atoms with E-state index in [0.29, 0.717) is 17.1 Å². The van der Waals surface area contributed by atoms with Crippen LogP contribution >= 0.6 is 0 Å². The summed E-state index contributed by atoms with van der Waals surface area (Å²) in [6.45, 7) is 5.36. The maximum Gasteiger partial charge on any atom is 0.265 e. The topological polar surface area (TPSA) is 93.7 Å². The minimum Gasteiger partial charge on any atom is -0.495 e. The third kappa shape index (κ3) is 3.32. The number of anilines is 2. The van der Waals surface area contributed by atoms with Gasteiger partial charge in [0.25, 0.3) is 15.9 Å². The Morgan fingerprint density at radius 1 is 1.15 bits per heavy atom. The van der Waals surface area contributed by atoms with E-state index in [9.17, 15) is 13.2 Å². The lowest BCUT2D eigenvalue weighted by Gasteiger charge is -2.23. The summed E-state index contributed by atoms with van der Waals surface area (Å²) in [5.41, 5.74) is 2.50. The molecule has 1 amide bonds. The van der Waals surface area contributed by atoms with Crippen molar-refractivity contribution in [1.29, 1.82) is 0 Å². The van der Waals surface area contributed by atoms with Gasteiger partial charge >= 0.3 is 0 Å². The molecule has 8 heteroatoms. The summed E-state index contributed by atoms with van der Waals surface area (Å²) in [6, 6.07) is 7.97. The highest BCUT2D eigenvalue weighted by atomic mass is 32.2. The van der Waals surface area contributed by atoms with E-state index in [1.54, 1.807) is 31.2 Å². The second kappa shape index (κ2) is 6.53. The molecule has 1 unspecified atom stereocenters. The van der Waals surface area contributed by atoms with Crippen molar-refractivity contribution in [2.24, 2.45) is 0 Å². The van der Waals surface area contributed by atoms with Gasteiger partial charge in [-0.05, 0) is 62.2 Å². The van der Waals surface area contributed by atoms with Crippen LogP contribution in [0.5, 0.6) is 11.5 Å². The van der Waals surface area contributed by atoms with Gasteiger partial charge in [-0.3, -0.25) is 9.52 Å². The summed E-state index contributed by atoms with van der Waals surface area (Å²) in [6.07, 6.45) is -0.593. The predicted octanol–water partition coefficient (Wildman–Crippen LogP) is 2.83. The van der Waals surface area contributed by atoms with E-state index in [2.05, 4.69) is 10.0 Å². The molecular formula is C18H20N2O5S. The molecule has 7 nitrogen and oxygen atoms in total. The molecule has 1 aliphatic rings. The van der Waals surface area contributed by atoms with Gasteiger partial charge in [-0.25, -0.2) is 8.42 Å². The number of aryl methyl sites for hydroxylation is 2. The molecule has 138 valence electrons. The van der Waals surface area contributed by atoms with E-state index < -0.39 is 16.1 Å². The zero-order chi connectivity index (χ0) is 19.1. The van der Waals surface area contributed by atoms with Crippen LogP contribution in [0.4, 0.5) is 11.4 Å². The van der Waals surface area contributed by atoms with Gasteiger partial charge in [0.15, 0.2) is 6.10 Å². The number of amides is 1. The first kappa shape index (κ1) is 18.1. The molecular weight excluding hydrogens is 356 g/mol. The molecule has 0 bridgehead atoms. The summed E-state index contributed by atoms with van der Waals surface area (Å²) < 4.78 is 38.9. The van der Waals surface area contributed by atoms with Crippen LogP contribution in [0.3, 0.4) is 0 Å². The monoisotopic (exact) mass is 376 g/mol. The number of carbonyl (C=O) groups excluding carboxylic acids is 1. The van der Waals surface area contributed by atoms with Crippen LogP contribution in [-0.4, -0.2) is 27.5 Å². The Hall–Kier alpha value is -2.74. The van der Waals surface area contributed by atoms with Crippen LogP contribution in [0.2, 0.25) is 0 Å². The van der Waals surface area contributed by atoms with Crippen LogP contribution in [0.15, 0.2) is 35.2 Å². The first-order valence-corrected chi connectivity index (χ1v) is 9.49. The molecule has 1 heterocycles. The van der Waals surface area contributed by atoms with Gasteiger partial charge < -0.3 is 14.8 Å². The maximum absolute atomic E-state index is 12.8. The fraction of sp³-hybridized carbons (Fsp3) is 0.278. The third-order valence-electron chi connectivity index (χ3n) is 4.23. The molecule has 0 aromatic heterocycles. The van der Waals surface area contributed by atoms with Crippen LogP contribution in [0.1, 0.15) is 18.1 Å². The largest absolute Gasteiger partial charge is 0.495 e. The van der Waals surface area contributed by atoms with E-state index in [-0.39, 0.29) is 16.6 Å². The van der Waals surface area contributed by atoms with Crippen LogP contribution in [-0.2, 0) is 14.8 Å². The molecule has 0 radical (unpaired) electrons. The number of benzene rings is 2. The molecule has 2 aromatic carbocycles. The van der Waals surface area contributed by atoms with E-state index >= 15 is 0 Å². The van der Waals surface area contributed by atoms with Crippen molar-refractivity contribution in [2.75, 3.05) is 17.1 Å². The highest BCUT2D eigenvalue weighted by Gasteiger charge is 2.25. The molecule has 1 aliphatic heterocycles. The van der Waals surface area contributed by atoms with Crippen molar-refractivity contribution in [3.05, 3.63) is 41.5 Å². The Morgan fingerprint density at radius 2 is 1.85 bits per heavy atom. The first-order valence-electron chi connectivity index (χ1n) is 8.01. The minimum atomic E-state index is -3.87. The minimum absolute atomic E-state index is 0.0507. The Morgan fingerprint density at radius 3 is 2.54 bits per heavy atom. The third-order valence-corrected chi connectivity index (χ3v) is 5.63. The zero-order valence-electron chi connectivity index (χ0n) is 14.9. The highest BCUT2D eigenvalue weighted by molar-refractivity contribution is 7.92.